The minimum atomic E-state index is -1.03. The third kappa shape index (κ3) is 4.35. The van der Waals surface area contributed by atoms with Crippen LogP contribution in [0.1, 0.15) is 12.5 Å². The van der Waals surface area contributed by atoms with Gasteiger partial charge in [0.05, 0.1) is 0 Å². The lowest BCUT2D eigenvalue weighted by molar-refractivity contribution is -0.138. The van der Waals surface area contributed by atoms with Crippen molar-refractivity contribution in [2.75, 3.05) is 0 Å². The molecule has 0 saturated carbocycles. The molecule has 5 heteroatoms. The van der Waals surface area contributed by atoms with Crippen molar-refractivity contribution in [3.8, 4) is 0 Å². The molecule has 1 amide bonds. The standard InChI is InChI=1S/C11H13NO3S/c1-8(10(13)14)12-11(15)16-7-9-5-3-2-4-6-9/h2-6,8H,7H2,1H3,(H,12,15)(H,13,14)/t8-/m0/s1. The monoisotopic (exact) mass is 239 g/mol. The second-order valence-corrected chi connectivity index (χ2v) is 4.21. The molecular formula is C11H13NO3S. The molecule has 1 aromatic rings. The first-order chi connectivity index (χ1) is 7.59. The molecule has 0 radical (unpaired) electrons. The molecule has 2 N–H and O–H groups in total. The number of hydrogen-bond donors (Lipinski definition) is 2. The molecule has 4 nitrogen and oxygen atoms in total. The number of thioether (sulfide) groups is 1. The predicted molar refractivity (Wildman–Crippen MR) is 63.4 cm³/mol. The summed E-state index contributed by atoms with van der Waals surface area (Å²) in [6.07, 6.45) is 0. The number of carbonyl (C=O) groups is 2. The molecule has 0 saturated heterocycles. The lowest BCUT2D eigenvalue weighted by Gasteiger charge is -2.08. The van der Waals surface area contributed by atoms with E-state index in [1.807, 2.05) is 30.3 Å². The zero-order valence-electron chi connectivity index (χ0n) is 8.84. The van der Waals surface area contributed by atoms with Gasteiger partial charge in [0.1, 0.15) is 6.04 Å². The Bertz CT molecular complexity index is 367. The number of aliphatic carboxylic acids is 1. The van der Waals surface area contributed by atoms with Gasteiger partial charge in [0.25, 0.3) is 5.24 Å². The van der Waals surface area contributed by atoms with Gasteiger partial charge in [-0.1, -0.05) is 42.1 Å². The summed E-state index contributed by atoms with van der Waals surface area (Å²) in [6, 6.07) is 8.68. The highest BCUT2D eigenvalue weighted by molar-refractivity contribution is 8.12. The number of carbonyl (C=O) groups excluding carboxylic acids is 1. The molecule has 0 aliphatic heterocycles. The molecule has 1 rings (SSSR count). The SMILES string of the molecule is C[C@H](NC(=O)SCc1ccccc1)C(=O)O. The zero-order chi connectivity index (χ0) is 12.0. The largest absolute Gasteiger partial charge is 0.480 e. The summed E-state index contributed by atoms with van der Waals surface area (Å²) in [5, 5.41) is 10.6. The van der Waals surface area contributed by atoms with E-state index in [0.717, 1.165) is 17.3 Å². The van der Waals surface area contributed by atoms with Crippen LogP contribution < -0.4 is 5.32 Å². The van der Waals surface area contributed by atoms with Gasteiger partial charge in [-0.05, 0) is 12.5 Å². The van der Waals surface area contributed by atoms with Gasteiger partial charge in [0.15, 0.2) is 0 Å². The molecule has 0 bridgehead atoms. The molecule has 0 aliphatic carbocycles. The third-order valence-electron chi connectivity index (χ3n) is 1.92. The molecule has 0 unspecified atom stereocenters. The van der Waals surface area contributed by atoms with Gasteiger partial charge in [0.2, 0.25) is 0 Å². The highest BCUT2D eigenvalue weighted by Gasteiger charge is 2.13. The van der Waals surface area contributed by atoms with Crippen LogP contribution in [0, 0.1) is 0 Å². The van der Waals surface area contributed by atoms with Gasteiger partial charge >= 0.3 is 5.97 Å². The number of benzene rings is 1. The summed E-state index contributed by atoms with van der Waals surface area (Å²) in [5.41, 5.74) is 1.03. The maximum absolute atomic E-state index is 11.3. The van der Waals surface area contributed by atoms with Gasteiger partial charge < -0.3 is 10.4 Å². The predicted octanol–water partition coefficient (Wildman–Crippen LogP) is 2.10. The fourth-order valence-corrected chi connectivity index (χ4v) is 1.75. The zero-order valence-corrected chi connectivity index (χ0v) is 9.66. The molecule has 0 aromatic heterocycles. The van der Waals surface area contributed by atoms with Gasteiger partial charge in [0, 0.05) is 5.75 Å². The van der Waals surface area contributed by atoms with Crippen LogP contribution in [-0.4, -0.2) is 22.4 Å². The van der Waals surface area contributed by atoms with Crippen LogP contribution >= 0.6 is 11.8 Å². The molecule has 0 aliphatic rings. The van der Waals surface area contributed by atoms with E-state index < -0.39 is 12.0 Å². The Morgan fingerprint density at radius 1 is 1.38 bits per heavy atom. The molecule has 0 spiro atoms. The van der Waals surface area contributed by atoms with Crippen molar-refractivity contribution in [2.24, 2.45) is 0 Å². The maximum atomic E-state index is 11.3. The molecule has 0 heterocycles. The van der Waals surface area contributed by atoms with E-state index in [-0.39, 0.29) is 5.24 Å². The van der Waals surface area contributed by atoms with Crippen LogP contribution in [0.3, 0.4) is 0 Å². The smallest absolute Gasteiger partial charge is 0.325 e. The Labute approximate surface area is 98.0 Å². The average molecular weight is 239 g/mol. The van der Waals surface area contributed by atoms with Crippen LogP contribution in [0.2, 0.25) is 0 Å². The fourth-order valence-electron chi connectivity index (χ4n) is 1.00. The van der Waals surface area contributed by atoms with Crippen molar-refractivity contribution >= 4 is 23.0 Å². The molecule has 16 heavy (non-hydrogen) atoms. The average Bonchev–Trinajstić information content (AvgIpc) is 2.27. The van der Waals surface area contributed by atoms with Crippen molar-refractivity contribution in [3.05, 3.63) is 35.9 Å². The molecule has 0 fully saturated rings. The first-order valence-electron chi connectivity index (χ1n) is 4.79. The normalized spacial score (nSPS) is 11.8. The van der Waals surface area contributed by atoms with E-state index in [2.05, 4.69) is 5.32 Å². The second-order valence-electron chi connectivity index (χ2n) is 3.27. The Kier molecular flexibility index (Phi) is 4.85. The molecular weight excluding hydrogens is 226 g/mol. The number of carboxylic acid groups (broad SMARTS) is 1. The van der Waals surface area contributed by atoms with Gasteiger partial charge in [-0.2, -0.15) is 0 Å². The quantitative estimate of drug-likeness (QED) is 0.844. The number of amides is 1. The van der Waals surface area contributed by atoms with Crippen LogP contribution in [0.4, 0.5) is 4.79 Å². The van der Waals surface area contributed by atoms with E-state index in [0.29, 0.717) is 5.75 Å². The van der Waals surface area contributed by atoms with E-state index in [4.69, 9.17) is 5.11 Å². The molecule has 1 atom stereocenters. The van der Waals surface area contributed by atoms with E-state index >= 15 is 0 Å². The first-order valence-corrected chi connectivity index (χ1v) is 5.78. The minimum Gasteiger partial charge on any atom is -0.480 e. The number of rotatable bonds is 4. The Balaban J connectivity index is 2.33. The van der Waals surface area contributed by atoms with Crippen molar-refractivity contribution in [1.82, 2.24) is 5.32 Å². The third-order valence-corrected chi connectivity index (χ3v) is 2.78. The summed E-state index contributed by atoms with van der Waals surface area (Å²) in [6.45, 7) is 1.43. The van der Waals surface area contributed by atoms with E-state index in [9.17, 15) is 9.59 Å². The summed E-state index contributed by atoms with van der Waals surface area (Å²) in [4.78, 5) is 21.8. The van der Waals surface area contributed by atoms with Gasteiger partial charge in [-0.3, -0.25) is 9.59 Å². The van der Waals surface area contributed by atoms with Crippen molar-refractivity contribution in [2.45, 2.75) is 18.7 Å². The lowest BCUT2D eigenvalue weighted by Crippen LogP contribution is -2.36. The van der Waals surface area contributed by atoms with Gasteiger partial charge in [-0.15, -0.1) is 0 Å². The van der Waals surface area contributed by atoms with Crippen molar-refractivity contribution in [1.29, 1.82) is 0 Å². The number of hydrogen-bond acceptors (Lipinski definition) is 3. The lowest BCUT2D eigenvalue weighted by atomic mass is 10.2. The fraction of sp³-hybridized carbons (Fsp3) is 0.273. The van der Waals surface area contributed by atoms with Crippen molar-refractivity contribution in [3.63, 3.8) is 0 Å². The molecule has 1 aromatic carbocycles. The van der Waals surface area contributed by atoms with Gasteiger partial charge in [-0.25, -0.2) is 0 Å². The maximum Gasteiger partial charge on any atom is 0.325 e. The number of nitrogens with one attached hydrogen (secondary N) is 1. The van der Waals surface area contributed by atoms with E-state index in [1.54, 1.807) is 0 Å². The van der Waals surface area contributed by atoms with Crippen LogP contribution in [-0.2, 0) is 10.5 Å². The highest BCUT2D eigenvalue weighted by atomic mass is 32.2. The van der Waals surface area contributed by atoms with Crippen LogP contribution in [0.5, 0.6) is 0 Å². The van der Waals surface area contributed by atoms with E-state index in [1.165, 1.54) is 6.92 Å². The Morgan fingerprint density at radius 3 is 2.56 bits per heavy atom. The van der Waals surface area contributed by atoms with Crippen LogP contribution in [0.25, 0.3) is 0 Å². The van der Waals surface area contributed by atoms with Crippen LogP contribution in [0.15, 0.2) is 30.3 Å². The topological polar surface area (TPSA) is 66.4 Å². The summed E-state index contributed by atoms with van der Waals surface area (Å²) >= 11 is 1.06. The number of carboxylic acids is 1. The summed E-state index contributed by atoms with van der Waals surface area (Å²) in [7, 11) is 0. The second kappa shape index (κ2) is 6.17. The minimum absolute atomic E-state index is 0.321. The Morgan fingerprint density at radius 2 is 2.00 bits per heavy atom. The summed E-state index contributed by atoms with van der Waals surface area (Å²) in [5.74, 6) is -0.493. The highest BCUT2D eigenvalue weighted by Crippen LogP contribution is 2.12. The Hall–Kier alpha value is -1.49. The first kappa shape index (κ1) is 12.6. The summed E-state index contributed by atoms with van der Waals surface area (Å²) < 4.78 is 0. The molecule has 86 valence electrons. The van der Waals surface area contributed by atoms with Crippen molar-refractivity contribution < 1.29 is 14.7 Å².